The zero-order valence-electron chi connectivity index (χ0n) is 16.9. The van der Waals surface area contributed by atoms with Crippen molar-refractivity contribution in [2.75, 3.05) is 18.8 Å². The highest BCUT2D eigenvalue weighted by molar-refractivity contribution is 7.99. The summed E-state index contributed by atoms with van der Waals surface area (Å²) < 4.78 is 2.04. The summed E-state index contributed by atoms with van der Waals surface area (Å²) in [6.07, 6.45) is 1.19. The van der Waals surface area contributed by atoms with Crippen molar-refractivity contribution in [2.45, 2.75) is 25.4 Å². The lowest BCUT2D eigenvalue weighted by molar-refractivity contribution is -0.130. The zero-order chi connectivity index (χ0) is 20.2. The van der Waals surface area contributed by atoms with Gasteiger partial charge in [0.2, 0.25) is 5.91 Å². The van der Waals surface area contributed by atoms with Crippen molar-refractivity contribution in [3.63, 3.8) is 0 Å². The topological polar surface area (TPSA) is 51.0 Å². The molecular formula is C23H26N4OS. The molecule has 1 aliphatic heterocycles. The van der Waals surface area contributed by atoms with Gasteiger partial charge in [0, 0.05) is 24.3 Å². The van der Waals surface area contributed by atoms with Crippen molar-refractivity contribution >= 4 is 17.7 Å². The summed E-state index contributed by atoms with van der Waals surface area (Å²) >= 11 is 1.46. The lowest BCUT2D eigenvalue weighted by atomic mass is 9.92. The van der Waals surface area contributed by atoms with E-state index in [2.05, 4.69) is 24.0 Å². The van der Waals surface area contributed by atoms with Crippen LogP contribution in [0.4, 0.5) is 0 Å². The molecule has 150 valence electrons. The van der Waals surface area contributed by atoms with Crippen LogP contribution in [-0.2, 0) is 4.79 Å². The van der Waals surface area contributed by atoms with Crippen molar-refractivity contribution in [2.24, 2.45) is 11.8 Å². The van der Waals surface area contributed by atoms with Gasteiger partial charge in [0.05, 0.1) is 5.75 Å². The molecule has 1 fully saturated rings. The Morgan fingerprint density at radius 3 is 2.24 bits per heavy atom. The van der Waals surface area contributed by atoms with Crippen molar-refractivity contribution < 1.29 is 4.79 Å². The quantitative estimate of drug-likeness (QED) is 0.584. The minimum Gasteiger partial charge on any atom is -0.341 e. The van der Waals surface area contributed by atoms with Crippen molar-refractivity contribution in [1.29, 1.82) is 0 Å². The molecule has 0 bridgehead atoms. The Kier molecular flexibility index (Phi) is 6.00. The third-order valence-electron chi connectivity index (χ3n) is 5.23. The molecule has 5 nitrogen and oxygen atoms in total. The second-order valence-corrected chi connectivity index (χ2v) is 8.82. The van der Waals surface area contributed by atoms with Crippen LogP contribution in [0.1, 0.15) is 20.3 Å². The number of piperidine rings is 1. The van der Waals surface area contributed by atoms with Crippen LogP contribution >= 0.6 is 11.8 Å². The van der Waals surface area contributed by atoms with Crippen LogP contribution in [0.3, 0.4) is 0 Å². The summed E-state index contributed by atoms with van der Waals surface area (Å²) in [5.41, 5.74) is 1.99. The lowest BCUT2D eigenvalue weighted by Gasteiger charge is -2.34. The zero-order valence-corrected chi connectivity index (χ0v) is 17.7. The first kappa shape index (κ1) is 19.7. The van der Waals surface area contributed by atoms with E-state index in [1.165, 1.54) is 18.2 Å². The van der Waals surface area contributed by atoms with Gasteiger partial charge in [0.1, 0.15) is 0 Å². The number of aromatic nitrogens is 3. The summed E-state index contributed by atoms with van der Waals surface area (Å²) in [7, 11) is 0. The third kappa shape index (κ3) is 4.53. The molecule has 1 saturated heterocycles. The first-order chi connectivity index (χ1) is 14.1. The molecule has 2 aromatic carbocycles. The molecule has 2 heterocycles. The predicted octanol–water partition coefficient (Wildman–Crippen LogP) is 4.53. The van der Waals surface area contributed by atoms with Gasteiger partial charge in [-0.1, -0.05) is 74.1 Å². The molecule has 0 saturated carbocycles. The van der Waals surface area contributed by atoms with E-state index < -0.39 is 0 Å². The van der Waals surface area contributed by atoms with Crippen LogP contribution in [0.25, 0.3) is 17.1 Å². The molecule has 0 radical (unpaired) electrons. The first-order valence-electron chi connectivity index (χ1n) is 10.1. The van der Waals surface area contributed by atoms with Gasteiger partial charge < -0.3 is 4.90 Å². The number of carbonyl (C=O) groups excluding carboxylic acids is 1. The molecule has 2 atom stereocenters. The normalized spacial score (nSPS) is 19.3. The maximum atomic E-state index is 12.8. The number of para-hydroxylation sites is 1. The number of benzene rings is 2. The largest absolute Gasteiger partial charge is 0.341 e. The molecule has 1 amide bonds. The second-order valence-electron chi connectivity index (χ2n) is 7.88. The fraction of sp³-hybridized carbons (Fsp3) is 0.348. The Hall–Kier alpha value is -2.60. The van der Waals surface area contributed by atoms with E-state index in [1.54, 1.807) is 0 Å². The average Bonchev–Trinajstić information content (AvgIpc) is 3.16. The standard InChI is InChI=1S/C23H26N4OS/c1-17-13-18(2)15-26(14-17)21(28)16-29-23-25-24-22(19-9-5-3-6-10-19)27(23)20-11-7-4-8-12-20/h3-12,17-18H,13-16H2,1-2H3/t17-,18-/m1/s1. The van der Waals surface area contributed by atoms with Crippen molar-refractivity contribution in [3.8, 4) is 17.1 Å². The predicted molar refractivity (Wildman–Crippen MR) is 117 cm³/mol. The minimum absolute atomic E-state index is 0.178. The Morgan fingerprint density at radius 2 is 1.59 bits per heavy atom. The van der Waals surface area contributed by atoms with Gasteiger partial charge in [-0.3, -0.25) is 9.36 Å². The molecule has 0 unspecified atom stereocenters. The second kappa shape index (κ2) is 8.82. The van der Waals surface area contributed by atoms with E-state index in [1.807, 2.05) is 70.1 Å². The highest BCUT2D eigenvalue weighted by Crippen LogP contribution is 2.28. The van der Waals surface area contributed by atoms with Crippen LogP contribution in [0.15, 0.2) is 65.8 Å². The number of hydrogen-bond acceptors (Lipinski definition) is 4. The number of thioether (sulfide) groups is 1. The fourth-order valence-electron chi connectivity index (χ4n) is 4.03. The fourth-order valence-corrected chi connectivity index (χ4v) is 4.89. The maximum absolute atomic E-state index is 12.8. The number of nitrogens with zero attached hydrogens (tertiary/aromatic N) is 4. The van der Waals surface area contributed by atoms with E-state index in [0.717, 1.165) is 35.3 Å². The Labute approximate surface area is 176 Å². The number of hydrogen-bond donors (Lipinski definition) is 0. The Bertz CT molecular complexity index is 948. The van der Waals surface area contributed by atoms with Gasteiger partial charge in [-0.05, 0) is 30.4 Å². The molecule has 0 spiro atoms. The van der Waals surface area contributed by atoms with E-state index in [4.69, 9.17) is 0 Å². The summed E-state index contributed by atoms with van der Waals surface area (Å²) in [5.74, 6) is 2.46. The van der Waals surface area contributed by atoms with Crippen LogP contribution < -0.4 is 0 Å². The number of carbonyl (C=O) groups is 1. The number of amides is 1. The van der Waals surface area contributed by atoms with Gasteiger partial charge in [-0.25, -0.2) is 0 Å². The van der Waals surface area contributed by atoms with Gasteiger partial charge in [-0.2, -0.15) is 0 Å². The molecule has 1 aromatic heterocycles. The summed E-state index contributed by atoms with van der Waals surface area (Å²) in [6.45, 7) is 6.15. The van der Waals surface area contributed by atoms with Crippen molar-refractivity contribution in [3.05, 3.63) is 60.7 Å². The molecular weight excluding hydrogens is 380 g/mol. The van der Waals surface area contributed by atoms with Gasteiger partial charge in [0.25, 0.3) is 0 Å². The first-order valence-corrected chi connectivity index (χ1v) is 11.1. The van der Waals surface area contributed by atoms with Crippen LogP contribution in [0.2, 0.25) is 0 Å². The molecule has 29 heavy (non-hydrogen) atoms. The van der Waals surface area contributed by atoms with Gasteiger partial charge in [-0.15, -0.1) is 10.2 Å². The van der Waals surface area contributed by atoms with Crippen LogP contribution in [0.5, 0.6) is 0 Å². The average molecular weight is 407 g/mol. The molecule has 3 aromatic rings. The molecule has 4 rings (SSSR count). The monoisotopic (exact) mass is 406 g/mol. The van der Waals surface area contributed by atoms with E-state index >= 15 is 0 Å². The van der Waals surface area contributed by atoms with Crippen LogP contribution in [-0.4, -0.2) is 44.4 Å². The van der Waals surface area contributed by atoms with Crippen LogP contribution in [0, 0.1) is 11.8 Å². The Balaban J connectivity index is 1.58. The molecule has 6 heteroatoms. The molecule has 1 aliphatic rings. The number of rotatable bonds is 5. The van der Waals surface area contributed by atoms with E-state index in [0.29, 0.717) is 17.6 Å². The lowest BCUT2D eigenvalue weighted by Crippen LogP contribution is -2.43. The van der Waals surface area contributed by atoms with E-state index in [9.17, 15) is 4.79 Å². The summed E-state index contributed by atoms with van der Waals surface area (Å²) in [5, 5.41) is 9.60. The van der Waals surface area contributed by atoms with E-state index in [-0.39, 0.29) is 5.91 Å². The highest BCUT2D eigenvalue weighted by Gasteiger charge is 2.26. The summed E-state index contributed by atoms with van der Waals surface area (Å²) in [4.78, 5) is 14.8. The molecule has 0 aliphatic carbocycles. The van der Waals surface area contributed by atoms with Gasteiger partial charge >= 0.3 is 0 Å². The van der Waals surface area contributed by atoms with Gasteiger partial charge in [0.15, 0.2) is 11.0 Å². The Morgan fingerprint density at radius 1 is 0.966 bits per heavy atom. The third-order valence-corrected chi connectivity index (χ3v) is 6.14. The minimum atomic E-state index is 0.178. The SMILES string of the molecule is C[C@@H]1C[C@@H](C)CN(C(=O)CSc2nnc(-c3ccccc3)n2-c2ccccc2)C1. The smallest absolute Gasteiger partial charge is 0.233 e. The summed E-state index contributed by atoms with van der Waals surface area (Å²) in [6, 6.07) is 20.1. The number of likely N-dealkylation sites (tertiary alicyclic amines) is 1. The molecule has 0 N–H and O–H groups in total. The highest BCUT2D eigenvalue weighted by atomic mass is 32.2. The van der Waals surface area contributed by atoms with Crippen molar-refractivity contribution in [1.82, 2.24) is 19.7 Å². The maximum Gasteiger partial charge on any atom is 0.233 e.